The quantitative estimate of drug-likeness (QED) is 0.770. The van der Waals surface area contributed by atoms with Gasteiger partial charge >= 0.3 is 0 Å². The van der Waals surface area contributed by atoms with Crippen molar-refractivity contribution in [2.24, 2.45) is 5.73 Å². The van der Waals surface area contributed by atoms with Crippen LogP contribution in [0.4, 0.5) is 0 Å². The molecule has 0 saturated carbocycles. The monoisotopic (exact) mass is 282 g/mol. The fourth-order valence-electron chi connectivity index (χ4n) is 1.78. The van der Waals surface area contributed by atoms with E-state index in [0.29, 0.717) is 23.7 Å². The molecule has 0 aliphatic rings. The van der Waals surface area contributed by atoms with Gasteiger partial charge < -0.3 is 25.3 Å². The molecule has 1 atom stereocenters. The van der Waals surface area contributed by atoms with Crippen LogP contribution >= 0.6 is 0 Å². The fraction of sp³-hybridized carbons (Fsp3) is 0.500. The van der Waals surface area contributed by atoms with Crippen molar-refractivity contribution < 1.29 is 19.0 Å². The maximum absolute atomic E-state index is 11.3. The molecule has 0 saturated heterocycles. The summed E-state index contributed by atoms with van der Waals surface area (Å²) < 4.78 is 16.1. The number of methoxy groups -OCH3 is 2. The zero-order valence-electron chi connectivity index (χ0n) is 12.4. The highest BCUT2D eigenvalue weighted by atomic mass is 16.5. The Kier molecular flexibility index (Phi) is 6.11. The molecule has 1 rings (SSSR count). The smallest absolute Gasteiger partial charge is 0.257 e. The van der Waals surface area contributed by atoms with Crippen LogP contribution in [0.2, 0.25) is 0 Å². The number of benzene rings is 1. The largest absolute Gasteiger partial charge is 0.493 e. The van der Waals surface area contributed by atoms with Gasteiger partial charge in [0.1, 0.15) is 0 Å². The van der Waals surface area contributed by atoms with Crippen LogP contribution in [0.1, 0.15) is 12.5 Å². The van der Waals surface area contributed by atoms with E-state index in [0.717, 1.165) is 5.56 Å². The van der Waals surface area contributed by atoms with E-state index in [1.807, 2.05) is 19.1 Å². The van der Waals surface area contributed by atoms with Crippen LogP contribution in [0.15, 0.2) is 12.1 Å². The van der Waals surface area contributed by atoms with Gasteiger partial charge in [-0.2, -0.15) is 0 Å². The molecule has 0 fully saturated rings. The van der Waals surface area contributed by atoms with Gasteiger partial charge in [-0.05, 0) is 31.0 Å². The lowest BCUT2D eigenvalue weighted by Crippen LogP contribution is -2.25. The first-order valence-corrected chi connectivity index (χ1v) is 6.35. The first kappa shape index (κ1) is 16.1. The van der Waals surface area contributed by atoms with E-state index in [4.69, 9.17) is 19.9 Å². The summed E-state index contributed by atoms with van der Waals surface area (Å²) in [6.45, 7) is 1.82. The molecule has 112 valence electrons. The Hall–Kier alpha value is -1.95. The van der Waals surface area contributed by atoms with Crippen LogP contribution in [-0.4, -0.2) is 39.8 Å². The molecule has 1 amide bonds. The Morgan fingerprint density at radius 2 is 1.85 bits per heavy atom. The van der Waals surface area contributed by atoms with E-state index in [2.05, 4.69) is 5.32 Å². The Balaban J connectivity index is 3.04. The summed E-state index contributed by atoms with van der Waals surface area (Å²) in [5.74, 6) is 1.22. The van der Waals surface area contributed by atoms with E-state index in [-0.39, 0.29) is 18.6 Å². The highest BCUT2D eigenvalue weighted by Crippen LogP contribution is 2.38. The third-order valence-electron chi connectivity index (χ3n) is 2.70. The van der Waals surface area contributed by atoms with E-state index in [1.54, 1.807) is 7.05 Å². The molecule has 0 heterocycles. The molecule has 6 nitrogen and oxygen atoms in total. The number of carbonyl (C=O) groups excluding carboxylic acids is 1. The van der Waals surface area contributed by atoms with Crippen molar-refractivity contribution in [3.63, 3.8) is 0 Å². The van der Waals surface area contributed by atoms with Gasteiger partial charge in [0.05, 0.1) is 14.2 Å². The molecule has 0 aliphatic heterocycles. The number of carbonyl (C=O) groups is 1. The molecule has 0 radical (unpaired) electrons. The number of hydrogen-bond acceptors (Lipinski definition) is 5. The number of likely N-dealkylation sites (N-methyl/N-ethyl adjacent to an activating group) is 1. The molecular weight excluding hydrogens is 260 g/mol. The van der Waals surface area contributed by atoms with Crippen LogP contribution < -0.4 is 25.3 Å². The average molecular weight is 282 g/mol. The minimum Gasteiger partial charge on any atom is -0.493 e. The van der Waals surface area contributed by atoms with Gasteiger partial charge in [0.15, 0.2) is 18.1 Å². The second-order valence-electron chi connectivity index (χ2n) is 4.47. The van der Waals surface area contributed by atoms with E-state index in [1.165, 1.54) is 14.2 Å². The maximum Gasteiger partial charge on any atom is 0.257 e. The number of ether oxygens (including phenoxy) is 3. The van der Waals surface area contributed by atoms with Gasteiger partial charge in [-0.25, -0.2) is 0 Å². The molecule has 1 aromatic rings. The zero-order valence-corrected chi connectivity index (χ0v) is 12.4. The van der Waals surface area contributed by atoms with Crippen LogP contribution in [0.3, 0.4) is 0 Å². The SMILES string of the molecule is CNC(=O)COc1c(OC)cc(CC(C)N)cc1OC. The standard InChI is InChI=1S/C14H22N2O4/c1-9(15)5-10-6-11(18-3)14(12(7-10)19-4)20-8-13(17)16-2/h6-7,9H,5,8,15H2,1-4H3,(H,16,17). The topological polar surface area (TPSA) is 82.8 Å². The van der Waals surface area contributed by atoms with Crippen molar-refractivity contribution in [2.45, 2.75) is 19.4 Å². The van der Waals surface area contributed by atoms with Gasteiger partial charge in [0.2, 0.25) is 5.75 Å². The number of hydrogen-bond donors (Lipinski definition) is 2. The molecule has 0 bridgehead atoms. The van der Waals surface area contributed by atoms with Crippen LogP contribution in [-0.2, 0) is 11.2 Å². The van der Waals surface area contributed by atoms with Crippen molar-refractivity contribution in [3.05, 3.63) is 17.7 Å². The molecule has 1 aromatic carbocycles. The van der Waals surface area contributed by atoms with E-state index >= 15 is 0 Å². The summed E-state index contributed by atoms with van der Waals surface area (Å²) in [5, 5.41) is 2.49. The normalized spacial score (nSPS) is 11.7. The summed E-state index contributed by atoms with van der Waals surface area (Å²) in [4.78, 5) is 11.3. The second kappa shape index (κ2) is 7.59. The molecule has 20 heavy (non-hydrogen) atoms. The number of amides is 1. The summed E-state index contributed by atoms with van der Waals surface area (Å²) in [6.07, 6.45) is 0.697. The number of rotatable bonds is 7. The summed E-state index contributed by atoms with van der Waals surface area (Å²) >= 11 is 0. The number of nitrogens with one attached hydrogen (secondary N) is 1. The highest BCUT2D eigenvalue weighted by molar-refractivity contribution is 5.77. The van der Waals surface area contributed by atoms with Crippen molar-refractivity contribution in [2.75, 3.05) is 27.9 Å². The van der Waals surface area contributed by atoms with Gasteiger partial charge in [-0.15, -0.1) is 0 Å². The first-order valence-electron chi connectivity index (χ1n) is 6.35. The minimum absolute atomic E-state index is 0.0297. The summed E-state index contributed by atoms with van der Waals surface area (Å²) in [7, 11) is 4.63. The van der Waals surface area contributed by atoms with E-state index < -0.39 is 0 Å². The molecule has 0 spiro atoms. The van der Waals surface area contributed by atoms with Gasteiger partial charge in [0, 0.05) is 13.1 Å². The third-order valence-corrected chi connectivity index (χ3v) is 2.70. The molecule has 0 aliphatic carbocycles. The van der Waals surface area contributed by atoms with Crippen LogP contribution in [0, 0.1) is 0 Å². The van der Waals surface area contributed by atoms with Crippen LogP contribution in [0.25, 0.3) is 0 Å². The number of nitrogens with two attached hydrogens (primary N) is 1. The van der Waals surface area contributed by atoms with Gasteiger partial charge in [-0.3, -0.25) is 4.79 Å². The first-order chi connectivity index (χ1) is 9.51. The highest BCUT2D eigenvalue weighted by Gasteiger charge is 2.16. The average Bonchev–Trinajstić information content (AvgIpc) is 2.43. The van der Waals surface area contributed by atoms with E-state index in [9.17, 15) is 4.79 Å². The van der Waals surface area contributed by atoms with Gasteiger partial charge in [0.25, 0.3) is 5.91 Å². The Bertz CT molecular complexity index is 435. The molecule has 3 N–H and O–H groups in total. The Morgan fingerprint density at radius 1 is 1.30 bits per heavy atom. The Morgan fingerprint density at radius 3 is 2.25 bits per heavy atom. The lowest BCUT2D eigenvalue weighted by Gasteiger charge is -2.16. The lowest BCUT2D eigenvalue weighted by atomic mass is 10.1. The molecule has 1 unspecified atom stereocenters. The maximum atomic E-state index is 11.3. The fourth-order valence-corrected chi connectivity index (χ4v) is 1.78. The van der Waals surface area contributed by atoms with Crippen molar-refractivity contribution in [1.29, 1.82) is 0 Å². The van der Waals surface area contributed by atoms with Crippen molar-refractivity contribution >= 4 is 5.91 Å². The second-order valence-corrected chi connectivity index (χ2v) is 4.47. The molecule has 6 heteroatoms. The third kappa shape index (κ3) is 4.31. The van der Waals surface area contributed by atoms with Crippen molar-refractivity contribution in [3.8, 4) is 17.2 Å². The molecule has 0 aromatic heterocycles. The molecular formula is C14H22N2O4. The predicted octanol–water partition coefficient (Wildman–Crippen LogP) is 0.718. The van der Waals surface area contributed by atoms with Gasteiger partial charge in [-0.1, -0.05) is 0 Å². The van der Waals surface area contributed by atoms with Crippen molar-refractivity contribution in [1.82, 2.24) is 5.32 Å². The zero-order chi connectivity index (χ0) is 15.1. The summed E-state index contributed by atoms with van der Waals surface area (Å²) in [6, 6.07) is 3.71. The Labute approximate surface area is 119 Å². The lowest BCUT2D eigenvalue weighted by molar-refractivity contribution is -0.122. The summed E-state index contributed by atoms with van der Waals surface area (Å²) in [5.41, 5.74) is 6.78. The minimum atomic E-state index is -0.228. The predicted molar refractivity (Wildman–Crippen MR) is 76.5 cm³/mol. The van der Waals surface area contributed by atoms with Crippen LogP contribution in [0.5, 0.6) is 17.2 Å².